The Kier molecular flexibility index (Phi) is 5.40. The molecule has 2 rings (SSSR count). The zero-order chi connectivity index (χ0) is 16.9. The Hall–Kier alpha value is -2.33. The van der Waals surface area contributed by atoms with Crippen LogP contribution < -0.4 is 10.9 Å². The first kappa shape index (κ1) is 17.0. The molecule has 0 spiro atoms. The predicted molar refractivity (Wildman–Crippen MR) is 92.0 cm³/mol. The van der Waals surface area contributed by atoms with E-state index in [2.05, 4.69) is 29.9 Å². The lowest BCUT2D eigenvalue weighted by atomic mass is 9.96. The van der Waals surface area contributed by atoms with E-state index >= 15 is 0 Å². The van der Waals surface area contributed by atoms with Gasteiger partial charge in [-0.15, -0.1) is 0 Å². The lowest BCUT2D eigenvalue weighted by Crippen LogP contribution is -2.43. The molecule has 0 aliphatic carbocycles. The molecule has 23 heavy (non-hydrogen) atoms. The van der Waals surface area contributed by atoms with Gasteiger partial charge in [0.05, 0.1) is 6.04 Å². The van der Waals surface area contributed by atoms with Crippen LogP contribution in [0.5, 0.6) is 0 Å². The fraction of sp³-hybridized carbons (Fsp3) is 0.316. The predicted octanol–water partition coefficient (Wildman–Crippen LogP) is 4.11. The van der Waals surface area contributed by atoms with Crippen LogP contribution in [0.25, 0.3) is 0 Å². The maximum Gasteiger partial charge on any atom is 0.422 e. The van der Waals surface area contributed by atoms with Gasteiger partial charge in [-0.1, -0.05) is 54.6 Å². The molecule has 2 N–H and O–H groups in total. The van der Waals surface area contributed by atoms with Crippen molar-refractivity contribution in [2.24, 2.45) is 0 Å². The maximum absolute atomic E-state index is 11.9. The number of carbonyl (C=O) groups excluding carboxylic acids is 1. The van der Waals surface area contributed by atoms with Crippen molar-refractivity contribution in [1.29, 1.82) is 0 Å². The number of hydrogen-bond donors (Lipinski definition) is 2. The van der Waals surface area contributed by atoms with E-state index in [0.717, 1.165) is 16.7 Å². The Labute approximate surface area is 137 Å². The molecule has 0 fully saturated rings. The zero-order valence-electron chi connectivity index (χ0n) is 14.1. The molecule has 0 saturated carbocycles. The number of carbonyl (C=O) groups is 1. The van der Waals surface area contributed by atoms with E-state index < -0.39 is 11.7 Å². The molecular formula is C19H24N2O2. The molecule has 0 aliphatic heterocycles. The minimum Gasteiger partial charge on any atom is -0.443 e. The number of aryl methyl sites for hydroxylation is 1. The lowest BCUT2D eigenvalue weighted by Gasteiger charge is -2.24. The van der Waals surface area contributed by atoms with Crippen LogP contribution in [0.3, 0.4) is 0 Å². The van der Waals surface area contributed by atoms with Crippen molar-refractivity contribution in [3.8, 4) is 0 Å². The highest BCUT2D eigenvalue weighted by Gasteiger charge is 2.19. The van der Waals surface area contributed by atoms with Crippen LogP contribution in [0.1, 0.15) is 43.5 Å². The first-order valence-electron chi connectivity index (χ1n) is 7.72. The Bertz CT molecular complexity index is 648. The highest BCUT2D eigenvalue weighted by atomic mass is 16.6. The average molecular weight is 312 g/mol. The molecule has 4 nitrogen and oxygen atoms in total. The van der Waals surface area contributed by atoms with Gasteiger partial charge in [0, 0.05) is 0 Å². The SMILES string of the molecule is Cc1ccccc1C(NNC(=O)OC(C)(C)C)c1ccccc1. The first-order valence-corrected chi connectivity index (χ1v) is 7.72. The summed E-state index contributed by atoms with van der Waals surface area (Å²) in [5, 5.41) is 0. The monoisotopic (exact) mass is 312 g/mol. The summed E-state index contributed by atoms with van der Waals surface area (Å²) >= 11 is 0. The fourth-order valence-electron chi connectivity index (χ4n) is 2.33. The molecule has 2 aromatic carbocycles. The number of rotatable bonds is 4. The molecule has 4 heteroatoms. The third kappa shape index (κ3) is 5.11. The Balaban J connectivity index is 2.19. The smallest absolute Gasteiger partial charge is 0.422 e. The summed E-state index contributed by atoms with van der Waals surface area (Å²) in [6.07, 6.45) is -0.494. The maximum atomic E-state index is 11.9. The summed E-state index contributed by atoms with van der Waals surface area (Å²) in [5.74, 6) is 0. The second-order valence-electron chi connectivity index (χ2n) is 6.47. The number of ether oxygens (including phenoxy) is 1. The van der Waals surface area contributed by atoms with Gasteiger partial charge >= 0.3 is 6.09 Å². The molecule has 0 heterocycles. The minimum atomic E-state index is -0.531. The van der Waals surface area contributed by atoms with E-state index in [1.54, 1.807) is 0 Å². The summed E-state index contributed by atoms with van der Waals surface area (Å²) in [4.78, 5) is 11.9. The van der Waals surface area contributed by atoms with Crippen molar-refractivity contribution in [3.63, 3.8) is 0 Å². The summed E-state index contributed by atoms with van der Waals surface area (Å²) < 4.78 is 5.28. The van der Waals surface area contributed by atoms with Crippen LogP contribution in [-0.4, -0.2) is 11.7 Å². The Morgan fingerprint density at radius 3 is 2.22 bits per heavy atom. The highest BCUT2D eigenvalue weighted by Crippen LogP contribution is 2.24. The van der Waals surface area contributed by atoms with Crippen molar-refractivity contribution in [1.82, 2.24) is 10.9 Å². The van der Waals surface area contributed by atoms with Crippen LogP contribution >= 0.6 is 0 Å². The summed E-state index contributed by atoms with van der Waals surface area (Å²) in [6.45, 7) is 7.56. The van der Waals surface area contributed by atoms with Gasteiger partial charge in [-0.05, 0) is 44.4 Å². The van der Waals surface area contributed by atoms with Crippen molar-refractivity contribution in [3.05, 3.63) is 71.3 Å². The normalized spacial score (nSPS) is 12.5. The number of nitrogens with one attached hydrogen (secondary N) is 2. The second kappa shape index (κ2) is 7.29. The van der Waals surface area contributed by atoms with Gasteiger partial charge in [0.1, 0.15) is 5.60 Å². The van der Waals surface area contributed by atoms with Gasteiger partial charge in [0.25, 0.3) is 0 Å². The van der Waals surface area contributed by atoms with E-state index in [-0.39, 0.29) is 6.04 Å². The number of benzene rings is 2. The molecule has 1 unspecified atom stereocenters. The van der Waals surface area contributed by atoms with Gasteiger partial charge in [0.2, 0.25) is 0 Å². The van der Waals surface area contributed by atoms with Gasteiger partial charge in [-0.25, -0.2) is 10.2 Å². The Morgan fingerprint density at radius 1 is 1.00 bits per heavy atom. The van der Waals surface area contributed by atoms with Crippen LogP contribution in [0.15, 0.2) is 54.6 Å². The molecule has 0 saturated heterocycles. The van der Waals surface area contributed by atoms with Crippen LogP contribution in [0.2, 0.25) is 0 Å². The summed E-state index contributed by atoms with van der Waals surface area (Å²) in [6, 6.07) is 17.9. The minimum absolute atomic E-state index is 0.148. The Morgan fingerprint density at radius 2 is 1.61 bits per heavy atom. The third-order valence-electron chi connectivity index (χ3n) is 3.35. The van der Waals surface area contributed by atoms with E-state index in [1.165, 1.54) is 0 Å². The largest absolute Gasteiger partial charge is 0.443 e. The molecule has 0 radical (unpaired) electrons. The summed E-state index contributed by atoms with van der Waals surface area (Å²) in [7, 11) is 0. The number of hydrogen-bond acceptors (Lipinski definition) is 3. The summed E-state index contributed by atoms with van der Waals surface area (Å²) in [5.41, 5.74) is 8.54. The molecule has 1 atom stereocenters. The van der Waals surface area contributed by atoms with Crippen molar-refractivity contribution >= 4 is 6.09 Å². The molecule has 122 valence electrons. The van der Waals surface area contributed by atoms with Gasteiger partial charge in [0.15, 0.2) is 0 Å². The molecule has 1 amide bonds. The quantitative estimate of drug-likeness (QED) is 0.835. The van der Waals surface area contributed by atoms with Gasteiger partial charge < -0.3 is 4.74 Å². The topological polar surface area (TPSA) is 50.4 Å². The van der Waals surface area contributed by atoms with E-state index in [4.69, 9.17) is 4.74 Å². The molecule has 0 bridgehead atoms. The second-order valence-corrected chi connectivity index (χ2v) is 6.47. The molecule has 0 aliphatic rings. The highest BCUT2D eigenvalue weighted by molar-refractivity contribution is 5.67. The van der Waals surface area contributed by atoms with Crippen LogP contribution in [0.4, 0.5) is 4.79 Å². The van der Waals surface area contributed by atoms with Crippen LogP contribution in [0, 0.1) is 6.92 Å². The van der Waals surface area contributed by atoms with Gasteiger partial charge in [-0.3, -0.25) is 5.43 Å². The standard InChI is InChI=1S/C19H24N2O2/c1-14-10-8-9-13-16(14)17(15-11-6-5-7-12-15)20-21-18(22)23-19(2,3)4/h5-13,17,20H,1-4H3,(H,21,22). The molecule has 2 aromatic rings. The van der Waals surface area contributed by atoms with E-state index in [0.29, 0.717) is 0 Å². The first-order chi connectivity index (χ1) is 10.9. The zero-order valence-corrected chi connectivity index (χ0v) is 14.1. The van der Waals surface area contributed by atoms with Crippen molar-refractivity contribution in [2.45, 2.75) is 39.3 Å². The van der Waals surface area contributed by atoms with Crippen molar-refractivity contribution < 1.29 is 9.53 Å². The van der Waals surface area contributed by atoms with E-state index in [1.807, 2.05) is 63.2 Å². The fourth-order valence-corrected chi connectivity index (χ4v) is 2.33. The lowest BCUT2D eigenvalue weighted by molar-refractivity contribution is 0.0491. The number of hydrazine groups is 1. The van der Waals surface area contributed by atoms with Gasteiger partial charge in [-0.2, -0.15) is 0 Å². The molecule has 0 aromatic heterocycles. The molecular weight excluding hydrogens is 288 g/mol. The van der Waals surface area contributed by atoms with Crippen LogP contribution in [-0.2, 0) is 4.74 Å². The van der Waals surface area contributed by atoms with E-state index in [9.17, 15) is 4.79 Å². The number of amides is 1. The van der Waals surface area contributed by atoms with Crippen molar-refractivity contribution in [2.75, 3.05) is 0 Å². The average Bonchev–Trinajstić information content (AvgIpc) is 2.48. The third-order valence-corrected chi connectivity index (χ3v) is 3.35.